The summed E-state index contributed by atoms with van der Waals surface area (Å²) in [5.41, 5.74) is 0.983. The molecule has 2 aromatic rings. The average molecular weight is 363 g/mol. The van der Waals surface area contributed by atoms with Gasteiger partial charge in [-0.3, -0.25) is 0 Å². The minimum absolute atomic E-state index is 0.174. The van der Waals surface area contributed by atoms with Gasteiger partial charge in [0.25, 0.3) is 0 Å². The third kappa shape index (κ3) is 3.67. The van der Waals surface area contributed by atoms with E-state index in [1.165, 1.54) is 6.20 Å². The minimum Gasteiger partial charge on any atom is -0.399 e. The Morgan fingerprint density at radius 2 is 1.89 bits per heavy atom. The summed E-state index contributed by atoms with van der Waals surface area (Å²) in [5.74, 6) is 0.174. The first-order chi connectivity index (χ1) is 12.8. The zero-order valence-corrected chi connectivity index (χ0v) is 15.4. The molecule has 27 heavy (non-hydrogen) atoms. The SMILES string of the molecule is CC1(C)OB(c2cc(C#N)cc(NC=C(C#N)c3nn[nH]n3)c2)OC1(C)C. The quantitative estimate of drug-likeness (QED) is 0.614. The third-order valence-corrected chi connectivity index (χ3v) is 4.70. The predicted molar refractivity (Wildman–Crippen MR) is 98.3 cm³/mol. The summed E-state index contributed by atoms with van der Waals surface area (Å²) in [6, 6.07) is 9.32. The highest BCUT2D eigenvalue weighted by Gasteiger charge is 2.51. The lowest BCUT2D eigenvalue weighted by molar-refractivity contribution is 0.00578. The molecule has 0 radical (unpaired) electrons. The number of rotatable bonds is 4. The summed E-state index contributed by atoms with van der Waals surface area (Å²) in [6.45, 7) is 7.86. The number of tetrazole rings is 1. The maximum absolute atomic E-state index is 9.35. The number of nitrogens with zero attached hydrogens (tertiary/aromatic N) is 5. The first-order valence-electron chi connectivity index (χ1n) is 8.27. The Bertz CT molecular complexity index is 939. The van der Waals surface area contributed by atoms with Crippen molar-refractivity contribution in [3.05, 3.63) is 35.8 Å². The van der Waals surface area contributed by atoms with Crippen LogP contribution in [0.15, 0.2) is 24.4 Å². The van der Waals surface area contributed by atoms with E-state index >= 15 is 0 Å². The number of nitriles is 2. The van der Waals surface area contributed by atoms with E-state index in [4.69, 9.17) is 9.31 Å². The molecule has 1 aliphatic rings. The molecular weight excluding hydrogens is 345 g/mol. The normalized spacial score (nSPS) is 18.0. The predicted octanol–water partition coefficient (Wildman–Crippen LogP) is 1.35. The van der Waals surface area contributed by atoms with E-state index < -0.39 is 18.3 Å². The molecule has 0 aliphatic carbocycles. The molecule has 1 aromatic carbocycles. The van der Waals surface area contributed by atoms with E-state index in [0.29, 0.717) is 16.7 Å². The molecule has 10 heteroatoms. The van der Waals surface area contributed by atoms with E-state index in [-0.39, 0.29) is 11.4 Å². The Morgan fingerprint density at radius 3 is 2.44 bits per heavy atom. The smallest absolute Gasteiger partial charge is 0.399 e. The maximum atomic E-state index is 9.35. The molecule has 1 saturated heterocycles. The zero-order valence-electron chi connectivity index (χ0n) is 15.4. The van der Waals surface area contributed by atoms with Crippen LogP contribution in [0.5, 0.6) is 0 Å². The monoisotopic (exact) mass is 363 g/mol. The van der Waals surface area contributed by atoms with Gasteiger partial charge in [-0.25, -0.2) is 0 Å². The number of allylic oxidation sites excluding steroid dienone is 1. The van der Waals surface area contributed by atoms with Gasteiger partial charge in [0.2, 0.25) is 5.82 Å². The molecule has 0 bridgehead atoms. The highest BCUT2D eigenvalue weighted by Crippen LogP contribution is 2.36. The van der Waals surface area contributed by atoms with Crippen molar-refractivity contribution in [2.45, 2.75) is 38.9 Å². The molecule has 0 saturated carbocycles. The van der Waals surface area contributed by atoms with Crippen molar-refractivity contribution < 1.29 is 9.31 Å². The summed E-state index contributed by atoms with van der Waals surface area (Å²) in [7, 11) is -0.597. The number of hydrogen-bond donors (Lipinski definition) is 2. The topological polar surface area (TPSA) is 133 Å². The van der Waals surface area contributed by atoms with Gasteiger partial charge in [-0.05, 0) is 56.6 Å². The first-order valence-corrected chi connectivity index (χ1v) is 8.27. The molecule has 2 heterocycles. The van der Waals surface area contributed by atoms with Crippen LogP contribution in [0, 0.1) is 22.7 Å². The van der Waals surface area contributed by atoms with E-state index in [0.717, 1.165) is 0 Å². The summed E-state index contributed by atoms with van der Waals surface area (Å²) >= 11 is 0. The van der Waals surface area contributed by atoms with E-state index in [1.807, 2.05) is 39.8 Å². The fourth-order valence-corrected chi connectivity index (χ4v) is 2.49. The molecule has 9 nitrogen and oxygen atoms in total. The Hall–Kier alpha value is -3.21. The number of anilines is 1. The van der Waals surface area contributed by atoms with Crippen molar-refractivity contribution in [1.82, 2.24) is 20.6 Å². The van der Waals surface area contributed by atoms with Crippen molar-refractivity contribution in [2.24, 2.45) is 0 Å². The summed E-state index contributed by atoms with van der Waals surface area (Å²) in [6.07, 6.45) is 1.45. The fraction of sp³-hybridized carbons (Fsp3) is 0.353. The lowest BCUT2D eigenvalue weighted by Gasteiger charge is -2.32. The van der Waals surface area contributed by atoms with Crippen LogP contribution in [0.25, 0.3) is 5.57 Å². The minimum atomic E-state index is -0.597. The Balaban J connectivity index is 1.89. The Morgan fingerprint density at radius 1 is 1.19 bits per heavy atom. The number of benzene rings is 1. The second-order valence-electron chi connectivity index (χ2n) is 7.09. The van der Waals surface area contributed by atoms with Crippen LogP contribution >= 0.6 is 0 Å². The zero-order chi connectivity index (χ0) is 19.7. The lowest BCUT2D eigenvalue weighted by Crippen LogP contribution is -2.41. The van der Waals surface area contributed by atoms with Gasteiger partial charge < -0.3 is 14.6 Å². The number of aromatic amines is 1. The first kappa shape index (κ1) is 18.6. The van der Waals surface area contributed by atoms with Crippen molar-refractivity contribution >= 4 is 23.8 Å². The van der Waals surface area contributed by atoms with E-state index in [9.17, 15) is 10.5 Å². The third-order valence-electron chi connectivity index (χ3n) is 4.70. The molecule has 3 rings (SSSR count). The Kier molecular flexibility index (Phi) is 4.71. The van der Waals surface area contributed by atoms with E-state index in [1.54, 1.807) is 12.1 Å². The fourth-order valence-electron chi connectivity index (χ4n) is 2.49. The highest BCUT2D eigenvalue weighted by atomic mass is 16.7. The molecular formula is C17H18BN7O2. The molecule has 0 unspecified atom stereocenters. The average Bonchev–Trinajstić information content (AvgIpc) is 3.22. The molecule has 0 spiro atoms. The maximum Gasteiger partial charge on any atom is 0.494 e. The number of nitrogens with one attached hydrogen (secondary N) is 2. The van der Waals surface area contributed by atoms with Crippen molar-refractivity contribution in [2.75, 3.05) is 5.32 Å². The second kappa shape index (κ2) is 6.84. The Labute approximate surface area is 157 Å². The van der Waals surface area contributed by atoms with Gasteiger partial charge in [-0.1, -0.05) is 0 Å². The van der Waals surface area contributed by atoms with Crippen LogP contribution in [0.4, 0.5) is 5.69 Å². The summed E-state index contributed by atoms with van der Waals surface area (Å²) < 4.78 is 12.1. The van der Waals surface area contributed by atoms with Crippen LogP contribution in [-0.4, -0.2) is 38.9 Å². The van der Waals surface area contributed by atoms with Gasteiger partial charge in [-0.15, -0.1) is 10.2 Å². The van der Waals surface area contributed by atoms with Crippen LogP contribution < -0.4 is 10.8 Å². The molecule has 0 atom stereocenters. The van der Waals surface area contributed by atoms with Crippen LogP contribution in [0.1, 0.15) is 39.1 Å². The molecule has 1 aliphatic heterocycles. The van der Waals surface area contributed by atoms with Crippen molar-refractivity contribution in [3.8, 4) is 12.1 Å². The molecule has 2 N–H and O–H groups in total. The number of H-pyrrole nitrogens is 1. The van der Waals surface area contributed by atoms with Crippen LogP contribution in [-0.2, 0) is 9.31 Å². The van der Waals surface area contributed by atoms with Crippen molar-refractivity contribution in [1.29, 1.82) is 10.5 Å². The summed E-state index contributed by atoms with van der Waals surface area (Å²) in [4.78, 5) is 0. The molecule has 1 fully saturated rings. The molecule has 136 valence electrons. The van der Waals surface area contributed by atoms with Gasteiger partial charge >= 0.3 is 7.12 Å². The molecule has 1 aromatic heterocycles. The number of aromatic nitrogens is 4. The van der Waals surface area contributed by atoms with Gasteiger partial charge in [0, 0.05) is 11.9 Å². The number of hydrogen-bond acceptors (Lipinski definition) is 8. The van der Waals surface area contributed by atoms with Gasteiger partial charge in [-0.2, -0.15) is 15.7 Å². The molecule has 0 amide bonds. The summed E-state index contributed by atoms with van der Waals surface area (Å²) in [5, 5.41) is 34.9. The largest absolute Gasteiger partial charge is 0.494 e. The lowest BCUT2D eigenvalue weighted by atomic mass is 9.78. The van der Waals surface area contributed by atoms with E-state index in [2.05, 4.69) is 32.0 Å². The standard InChI is InChI=1S/C17H18BN7O2/c1-16(2)17(3,4)27-18(26-16)13-5-11(8-19)6-14(7-13)21-10-12(9-20)15-22-24-25-23-15/h5-7,10,21H,1-4H3,(H,22,23,24,25). The van der Waals surface area contributed by atoms with Crippen LogP contribution in [0.2, 0.25) is 0 Å². The van der Waals surface area contributed by atoms with Crippen LogP contribution in [0.3, 0.4) is 0 Å². The van der Waals surface area contributed by atoms with Gasteiger partial charge in [0.05, 0.1) is 22.8 Å². The van der Waals surface area contributed by atoms with Gasteiger partial charge in [0.15, 0.2) is 0 Å². The van der Waals surface area contributed by atoms with Crippen molar-refractivity contribution in [3.63, 3.8) is 0 Å². The van der Waals surface area contributed by atoms with Gasteiger partial charge in [0.1, 0.15) is 11.6 Å². The highest BCUT2D eigenvalue weighted by molar-refractivity contribution is 6.62. The second-order valence-corrected chi connectivity index (χ2v) is 7.09.